The Balaban J connectivity index is 2.07. The topological polar surface area (TPSA) is 86.8 Å². The summed E-state index contributed by atoms with van der Waals surface area (Å²) in [6.07, 6.45) is 2.07. The van der Waals surface area contributed by atoms with Gasteiger partial charge in [-0.1, -0.05) is 79.4 Å². The minimum Gasteiger partial charge on any atom is -0.354 e. The lowest BCUT2D eigenvalue weighted by Gasteiger charge is -2.33. The van der Waals surface area contributed by atoms with Gasteiger partial charge < -0.3 is 10.2 Å². The molecule has 0 aliphatic rings. The van der Waals surface area contributed by atoms with Gasteiger partial charge in [0.2, 0.25) is 11.8 Å². The van der Waals surface area contributed by atoms with Crippen LogP contribution in [0.3, 0.4) is 0 Å². The maximum atomic E-state index is 14.1. The molecular weight excluding hydrogens is 581 g/mol. The highest BCUT2D eigenvalue weighted by atomic mass is 35.5. The van der Waals surface area contributed by atoms with Crippen LogP contribution >= 0.6 is 23.2 Å². The summed E-state index contributed by atoms with van der Waals surface area (Å²) in [5.41, 5.74) is 2.47. The van der Waals surface area contributed by atoms with E-state index in [-0.39, 0.29) is 17.3 Å². The van der Waals surface area contributed by atoms with Gasteiger partial charge in [-0.25, -0.2) is 8.42 Å². The van der Waals surface area contributed by atoms with Crippen LogP contribution in [-0.2, 0) is 26.2 Å². The van der Waals surface area contributed by atoms with E-state index in [1.165, 1.54) is 17.0 Å². The Bertz CT molecular complexity index is 1450. The molecule has 0 saturated carbocycles. The van der Waals surface area contributed by atoms with E-state index in [1.807, 2.05) is 20.8 Å². The van der Waals surface area contributed by atoms with Gasteiger partial charge in [-0.3, -0.25) is 13.9 Å². The maximum absolute atomic E-state index is 14.1. The molecule has 220 valence electrons. The minimum absolute atomic E-state index is 0.0453. The summed E-state index contributed by atoms with van der Waals surface area (Å²) < 4.78 is 29.1. The fourth-order valence-electron chi connectivity index (χ4n) is 4.43. The first-order chi connectivity index (χ1) is 19.5. The Hall–Kier alpha value is -3.07. The highest BCUT2D eigenvalue weighted by Gasteiger charge is 2.34. The van der Waals surface area contributed by atoms with Gasteiger partial charge in [0.25, 0.3) is 10.0 Å². The van der Waals surface area contributed by atoms with Crippen molar-refractivity contribution >= 4 is 50.7 Å². The Morgan fingerprint density at radius 3 is 2.20 bits per heavy atom. The number of nitrogens with zero attached hydrogens (tertiary/aromatic N) is 2. The smallest absolute Gasteiger partial charge is 0.264 e. The number of sulfonamides is 1. The molecule has 3 aromatic carbocycles. The van der Waals surface area contributed by atoms with E-state index in [1.54, 1.807) is 61.5 Å². The monoisotopic (exact) mass is 617 g/mol. The molecule has 1 N–H and O–H groups in total. The van der Waals surface area contributed by atoms with Gasteiger partial charge >= 0.3 is 0 Å². The Morgan fingerprint density at radius 2 is 1.59 bits per heavy atom. The molecule has 0 aromatic heterocycles. The molecule has 0 fully saturated rings. The Kier molecular flexibility index (Phi) is 11.6. The summed E-state index contributed by atoms with van der Waals surface area (Å²) in [6, 6.07) is 17.6. The number of carbonyl (C=O) groups excluding carboxylic acids is 2. The number of aryl methyl sites for hydroxylation is 1. The van der Waals surface area contributed by atoms with E-state index >= 15 is 0 Å². The standard InChI is InChI=1S/C31H37Cl2N3O4S/c1-5-7-19-34-31(38)28(6-2)35(20-24-13-15-25(32)16-14-24)30(37)21-36(29-10-8-9-27(33)23(29)4)41(39,40)26-17-11-22(3)12-18-26/h8-18,28H,5-7,19-21H2,1-4H3,(H,34,38)/t28-/m1/s1. The van der Waals surface area contributed by atoms with Crippen LogP contribution in [0, 0.1) is 13.8 Å². The first-order valence-corrected chi connectivity index (χ1v) is 15.8. The summed E-state index contributed by atoms with van der Waals surface area (Å²) in [5, 5.41) is 3.84. The number of nitrogens with one attached hydrogen (secondary N) is 1. The lowest BCUT2D eigenvalue weighted by molar-refractivity contribution is -0.140. The molecule has 7 nitrogen and oxygen atoms in total. The van der Waals surface area contributed by atoms with Crippen LogP contribution < -0.4 is 9.62 Å². The average Bonchev–Trinajstić information content (AvgIpc) is 2.94. The van der Waals surface area contributed by atoms with E-state index < -0.39 is 28.5 Å². The van der Waals surface area contributed by atoms with Crippen molar-refractivity contribution in [2.75, 3.05) is 17.4 Å². The third kappa shape index (κ3) is 8.24. The number of benzene rings is 3. The molecule has 41 heavy (non-hydrogen) atoms. The van der Waals surface area contributed by atoms with Gasteiger partial charge in [0.05, 0.1) is 10.6 Å². The van der Waals surface area contributed by atoms with Crippen molar-refractivity contribution in [3.63, 3.8) is 0 Å². The van der Waals surface area contributed by atoms with Crippen molar-refractivity contribution in [2.45, 2.75) is 64.4 Å². The number of unbranched alkanes of at least 4 members (excludes halogenated alkanes) is 1. The second-order valence-corrected chi connectivity index (χ2v) is 12.6. The summed E-state index contributed by atoms with van der Waals surface area (Å²) in [5.74, 6) is -0.803. The van der Waals surface area contributed by atoms with Crippen LogP contribution in [0.5, 0.6) is 0 Å². The molecule has 0 aliphatic heterocycles. The molecule has 3 aromatic rings. The molecule has 0 radical (unpaired) electrons. The molecule has 3 rings (SSSR count). The number of carbonyl (C=O) groups is 2. The quantitative estimate of drug-likeness (QED) is 0.221. The minimum atomic E-state index is -4.18. The van der Waals surface area contributed by atoms with E-state index in [4.69, 9.17) is 23.2 Å². The highest BCUT2D eigenvalue weighted by molar-refractivity contribution is 7.92. The van der Waals surface area contributed by atoms with Crippen molar-refractivity contribution in [3.8, 4) is 0 Å². The molecule has 1 atom stereocenters. The Labute approximate surface area is 253 Å². The van der Waals surface area contributed by atoms with Crippen LogP contribution in [0.1, 0.15) is 49.8 Å². The van der Waals surface area contributed by atoms with Crippen molar-refractivity contribution in [2.24, 2.45) is 0 Å². The third-order valence-corrected chi connectivity index (χ3v) is 9.31. The van der Waals surface area contributed by atoms with Crippen molar-refractivity contribution in [1.29, 1.82) is 0 Å². The SMILES string of the molecule is CCCCNC(=O)[C@@H](CC)N(Cc1ccc(Cl)cc1)C(=O)CN(c1cccc(Cl)c1C)S(=O)(=O)c1ccc(C)cc1. The molecule has 0 aliphatic carbocycles. The predicted molar refractivity (Wildman–Crippen MR) is 166 cm³/mol. The maximum Gasteiger partial charge on any atom is 0.264 e. The molecule has 2 amide bonds. The van der Waals surface area contributed by atoms with E-state index in [0.717, 1.165) is 28.3 Å². The van der Waals surface area contributed by atoms with Crippen LogP contribution in [0.15, 0.2) is 71.6 Å². The fourth-order valence-corrected chi connectivity index (χ4v) is 6.20. The van der Waals surface area contributed by atoms with Crippen molar-refractivity contribution in [3.05, 3.63) is 93.5 Å². The van der Waals surface area contributed by atoms with E-state index in [9.17, 15) is 18.0 Å². The van der Waals surface area contributed by atoms with E-state index in [2.05, 4.69) is 5.32 Å². The zero-order valence-electron chi connectivity index (χ0n) is 23.9. The highest BCUT2D eigenvalue weighted by Crippen LogP contribution is 2.31. The molecule has 0 saturated heterocycles. The van der Waals surface area contributed by atoms with Gasteiger partial charge in [0.15, 0.2) is 0 Å². The normalized spacial score (nSPS) is 12.0. The van der Waals surface area contributed by atoms with Crippen LogP contribution in [0.4, 0.5) is 5.69 Å². The van der Waals surface area contributed by atoms with Gasteiger partial charge in [-0.2, -0.15) is 0 Å². The first-order valence-electron chi connectivity index (χ1n) is 13.7. The number of amides is 2. The molecule has 0 heterocycles. The van der Waals surface area contributed by atoms with Gasteiger partial charge in [-0.15, -0.1) is 0 Å². The molecular formula is C31H37Cl2N3O4S. The van der Waals surface area contributed by atoms with Gasteiger partial charge in [0.1, 0.15) is 12.6 Å². The van der Waals surface area contributed by atoms with Crippen LogP contribution in [0.2, 0.25) is 10.0 Å². The lowest BCUT2D eigenvalue weighted by Crippen LogP contribution is -2.52. The van der Waals surface area contributed by atoms with Gasteiger partial charge in [0, 0.05) is 23.1 Å². The average molecular weight is 619 g/mol. The number of hydrogen-bond acceptors (Lipinski definition) is 4. The number of hydrogen-bond donors (Lipinski definition) is 1. The van der Waals surface area contributed by atoms with Gasteiger partial charge in [-0.05, 0) is 74.2 Å². The number of anilines is 1. The van der Waals surface area contributed by atoms with Crippen molar-refractivity contribution < 1.29 is 18.0 Å². The summed E-state index contributed by atoms with van der Waals surface area (Å²) in [6.45, 7) is 7.50. The molecule has 10 heteroatoms. The second-order valence-electron chi connectivity index (χ2n) is 9.93. The number of rotatable bonds is 13. The molecule has 0 unspecified atom stereocenters. The van der Waals surface area contributed by atoms with E-state index in [0.29, 0.717) is 34.3 Å². The fraction of sp³-hybridized carbons (Fsp3) is 0.355. The zero-order chi connectivity index (χ0) is 30.2. The second kappa shape index (κ2) is 14.7. The molecule has 0 bridgehead atoms. The summed E-state index contributed by atoms with van der Waals surface area (Å²) >= 11 is 12.5. The number of halogens is 2. The zero-order valence-corrected chi connectivity index (χ0v) is 26.2. The summed E-state index contributed by atoms with van der Waals surface area (Å²) in [4.78, 5) is 28.9. The largest absolute Gasteiger partial charge is 0.354 e. The lowest BCUT2D eigenvalue weighted by atomic mass is 10.1. The van der Waals surface area contributed by atoms with Crippen LogP contribution in [-0.4, -0.2) is 44.3 Å². The predicted octanol–water partition coefficient (Wildman–Crippen LogP) is 6.53. The Morgan fingerprint density at radius 1 is 0.927 bits per heavy atom. The summed E-state index contributed by atoms with van der Waals surface area (Å²) in [7, 11) is -4.18. The van der Waals surface area contributed by atoms with Crippen LogP contribution in [0.25, 0.3) is 0 Å². The molecule has 0 spiro atoms. The third-order valence-electron chi connectivity index (χ3n) is 6.88. The van der Waals surface area contributed by atoms with Crippen molar-refractivity contribution in [1.82, 2.24) is 10.2 Å². The first kappa shape index (κ1) is 32.4.